The lowest BCUT2D eigenvalue weighted by molar-refractivity contribution is -0.141. The summed E-state index contributed by atoms with van der Waals surface area (Å²) in [7, 11) is 0. The highest BCUT2D eigenvalue weighted by Gasteiger charge is 2.36. The number of carbonyl (C=O) groups is 2. The van der Waals surface area contributed by atoms with Crippen molar-refractivity contribution in [1.82, 2.24) is 14.5 Å². The predicted octanol–water partition coefficient (Wildman–Crippen LogP) is 1.41. The number of aryl methyl sites for hydroxylation is 2. The smallest absolute Gasteiger partial charge is 0.232 e. The number of imidazole rings is 1. The summed E-state index contributed by atoms with van der Waals surface area (Å²) in [5, 5.41) is 10.3. The Labute approximate surface area is 134 Å². The van der Waals surface area contributed by atoms with E-state index in [-0.39, 0.29) is 30.7 Å². The first kappa shape index (κ1) is 15.7. The van der Waals surface area contributed by atoms with E-state index in [2.05, 4.69) is 4.98 Å². The van der Waals surface area contributed by atoms with E-state index in [1.54, 1.807) is 13.3 Å². The average molecular weight is 315 g/mol. The van der Waals surface area contributed by atoms with Gasteiger partial charge in [0.1, 0.15) is 0 Å². The van der Waals surface area contributed by atoms with Crippen LogP contribution in [-0.2, 0) is 16.1 Å². The van der Waals surface area contributed by atoms with Crippen molar-refractivity contribution in [3.63, 3.8) is 0 Å². The molecule has 1 saturated heterocycles. The first-order valence-corrected chi connectivity index (χ1v) is 7.81. The Morgan fingerprint density at radius 1 is 1.26 bits per heavy atom. The van der Waals surface area contributed by atoms with Crippen molar-refractivity contribution in [2.45, 2.75) is 39.8 Å². The fraction of sp³-hybridized carbons (Fsp3) is 0.471. The van der Waals surface area contributed by atoms with Crippen molar-refractivity contribution in [3.05, 3.63) is 29.6 Å². The second-order valence-corrected chi connectivity index (χ2v) is 6.42. The van der Waals surface area contributed by atoms with Gasteiger partial charge in [-0.15, -0.1) is 0 Å². The standard InChI is InChI=1S/C17H21N3O3/c1-10-4-14-15(5-11(10)2)19(9-18-14)7-13(21)8-20-16(22)6-12(3)17(20)23/h4-5,9,12-13,21H,6-8H2,1-3H3. The normalized spacial score (nSPS) is 19.8. The molecular weight excluding hydrogens is 294 g/mol. The van der Waals surface area contributed by atoms with E-state index in [1.807, 2.05) is 30.5 Å². The van der Waals surface area contributed by atoms with Crippen LogP contribution >= 0.6 is 0 Å². The molecule has 1 aliphatic rings. The number of β-amino-alcohol motifs (C(OH)–C–C–N with tert-alkyl or cyclic N) is 1. The van der Waals surface area contributed by atoms with E-state index >= 15 is 0 Å². The molecule has 0 bridgehead atoms. The number of rotatable bonds is 4. The van der Waals surface area contributed by atoms with E-state index in [4.69, 9.17) is 0 Å². The van der Waals surface area contributed by atoms with Gasteiger partial charge in [-0.1, -0.05) is 6.92 Å². The molecule has 3 rings (SSSR count). The average Bonchev–Trinajstić information content (AvgIpc) is 2.96. The molecule has 0 radical (unpaired) electrons. The van der Waals surface area contributed by atoms with Crippen molar-refractivity contribution in [3.8, 4) is 0 Å². The third-order valence-corrected chi connectivity index (χ3v) is 4.51. The van der Waals surface area contributed by atoms with Gasteiger partial charge >= 0.3 is 0 Å². The molecule has 6 nitrogen and oxygen atoms in total. The predicted molar refractivity (Wildman–Crippen MR) is 85.7 cm³/mol. The number of aliphatic hydroxyl groups excluding tert-OH is 1. The highest BCUT2D eigenvalue weighted by molar-refractivity contribution is 6.03. The van der Waals surface area contributed by atoms with Gasteiger partial charge in [0, 0.05) is 12.3 Å². The summed E-state index contributed by atoms with van der Waals surface area (Å²) < 4.78 is 1.86. The number of fused-ring (bicyclic) bond motifs is 1. The molecule has 1 aromatic carbocycles. The van der Waals surface area contributed by atoms with Crippen LogP contribution < -0.4 is 0 Å². The molecule has 2 unspecified atom stereocenters. The summed E-state index contributed by atoms with van der Waals surface area (Å²) in [6, 6.07) is 4.06. The van der Waals surface area contributed by atoms with Gasteiger partial charge in [-0.25, -0.2) is 4.98 Å². The summed E-state index contributed by atoms with van der Waals surface area (Å²) in [5.41, 5.74) is 4.15. The van der Waals surface area contributed by atoms with Crippen molar-refractivity contribution in [1.29, 1.82) is 0 Å². The van der Waals surface area contributed by atoms with Gasteiger partial charge in [-0.2, -0.15) is 0 Å². The van der Waals surface area contributed by atoms with Crippen LogP contribution in [0.3, 0.4) is 0 Å². The Balaban J connectivity index is 1.76. The lowest BCUT2D eigenvalue weighted by atomic mass is 10.1. The molecular formula is C17H21N3O3. The maximum absolute atomic E-state index is 11.9. The second-order valence-electron chi connectivity index (χ2n) is 6.42. The Hall–Kier alpha value is -2.21. The fourth-order valence-corrected chi connectivity index (χ4v) is 2.99. The molecule has 2 heterocycles. The lowest BCUT2D eigenvalue weighted by Crippen LogP contribution is -2.38. The fourth-order valence-electron chi connectivity index (χ4n) is 2.99. The number of aliphatic hydroxyl groups is 1. The number of imide groups is 1. The summed E-state index contributed by atoms with van der Waals surface area (Å²) >= 11 is 0. The Morgan fingerprint density at radius 3 is 2.61 bits per heavy atom. The molecule has 0 saturated carbocycles. The quantitative estimate of drug-likeness (QED) is 0.866. The van der Waals surface area contributed by atoms with Crippen LogP contribution in [0.4, 0.5) is 0 Å². The molecule has 1 aromatic heterocycles. The number of nitrogens with zero attached hydrogens (tertiary/aromatic N) is 3. The molecule has 6 heteroatoms. The monoisotopic (exact) mass is 315 g/mol. The number of likely N-dealkylation sites (tertiary alicyclic amines) is 1. The third kappa shape index (κ3) is 2.86. The van der Waals surface area contributed by atoms with Crippen molar-refractivity contribution in [2.75, 3.05) is 6.54 Å². The van der Waals surface area contributed by atoms with E-state index in [0.717, 1.165) is 16.6 Å². The Bertz CT molecular complexity index is 781. The number of carbonyl (C=O) groups excluding carboxylic acids is 2. The van der Waals surface area contributed by atoms with Gasteiger partial charge in [0.25, 0.3) is 0 Å². The topological polar surface area (TPSA) is 75.4 Å². The molecule has 0 spiro atoms. The number of aromatic nitrogens is 2. The first-order valence-electron chi connectivity index (χ1n) is 7.81. The molecule has 1 N–H and O–H groups in total. The minimum Gasteiger partial charge on any atom is -0.389 e. The highest BCUT2D eigenvalue weighted by atomic mass is 16.3. The summed E-state index contributed by atoms with van der Waals surface area (Å²) in [4.78, 5) is 29.2. The summed E-state index contributed by atoms with van der Waals surface area (Å²) in [6.07, 6.45) is 1.10. The van der Waals surface area contributed by atoms with Crippen LogP contribution in [0.25, 0.3) is 11.0 Å². The van der Waals surface area contributed by atoms with Crippen molar-refractivity contribution < 1.29 is 14.7 Å². The van der Waals surface area contributed by atoms with E-state index in [0.29, 0.717) is 6.54 Å². The van der Waals surface area contributed by atoms with E-state index < -0.39 is 6.10 Å². The summed E-state index contributed by atoms with van der Waals surface area (Å²) in [5.74, 6) is -0.686. The minimum absolute atomic E-state index is 0.0342. The van der Waals surface area contributed by atoms with Gasteiger partial charge in [-0.05, 0) is 37.1 Å². The molecule has 2 aromatic rings. The zero-order valence-electron chi connectivity index (χ0n) is 13.6. The van der Waals surface area contributed by atoms with Gasteiger partial charge < -0.3 is 9.67 Å². The van der Waals surface area contributed by atoms with Gasteiger partial charge in [-0.3, -0.25) is 14.5 Å². The molecule has 1 aliphatic heterocycles. The van der Waals surface area contributed by atoms with Gasteiger partial charge in [0.05, 0.1) is 36.6 Å². The first-order chi connectivity index (χ1) is 10.9. The minimum atomic E-state index is -0.813. The van der Waals surface area contributed by atoms with Gasteiger partial charge in [0.2, 0.25) is 11.8 Å². The highest BCUT2D eigenvalue weighted by Crippen LogP contribution is 2.21. The van der Waals surface area contributed by atoms with Crippen LogP contribution in [0.2, 0.25) is 0 Å². The number of amides is 2. The van der Waals surface area contributed by atoms with Crippen LogP contribution in [0.5, 0.6) is 0 Å². The molecule has 2 amide bonds. The van der Waals surface area contributed by atoms with Crippen LogP contribution in [0.15, 0.2) is 18.5 Å². The SMILES string of the molecule is Cc1cc2ncn(CC(O)CN3C(=O)CC(C)C3=O)c2cc1C. The molecule has 23 heavy (non-hydrogen) atoms. The van der Waals surface area contributed by atoms with Crippen LogP contribution in [0.1, 0.15) is 24.5 Å². The second kappa shape index (κ2) is 5.77. The summed E-state index contributed by atoms with van der Waals surface area (Å²) in [6.45, 7) is 6.14. The zero-order valence-corrected chi connectivity index (χ0v) is 13.6. The van der Waals surface area contributed by atoms with Crippen molar-refractivity contribution in [2.24, 2.45) is 5.92 Å². The maximum Gasteiger partial charge on any atom is 0.232 e. The zero-order chi connectivity index (χ0) is 16.7. The maximum atomic E-state index is 11.9. The molecule has 2 atom stereocenters. The van der Waals surface area contributed by atoms with Crippen LogP contribution in [0, 0.1) is 19.8 Å². The van der Waals surface area contributed by atoms with E-state index in [1.165, 1.54) is 10.5 Å². The third-order valence-electron chi connectivity index (χ3n) is 4.51. The van der Waals surface area contributed by atoms with Gasteiger partial charge in [0.15, 0.2) is 0 Å². The van der Waals surface area contributed by atoms with Crippen LogP contribution in [-0.4, -0.2) is 44.0 Å². The molecule has 1 fully saturated rings. The Kier molecular flexibility index (Phi) is 3.93. The van der Waals surface area contributed by atoms with E-state index in [9.17, 15) is 14.7 Å². The molecule has 0 aliphatic carbocycles. The number of hydrogen-bond donors (Lipinski definition) is 1. The molecule has 122 valence electrons. The number of benzene rings is 1. The largest absolute Gasteiger partial charge is 0.389 e. The Morgan fingerprint density at radius 2 is 1.96 bits per heavy atom. The lowest BCUT2D eigenvalue weighted by Gasteiger charge is -2.19. The van der Waals surface area contributed by atoms with Crippen molar-refractivity contribution >= 4 is 22.8 Å². The number of hydrogen-bond acceptors (Lipinski definition) is 4.